The minimum atomic E-state index is -0.355. The van der Waals surface area contributed by atoms with Crippen LogP contribution in [0, 0.1) is 5.82 Å². The molecule has 3 heterocycles. The van der Waals surface area contributed by atoms with E-state index < -0.39 is 0 Å². The van der Waals surface area contributed by atoms with E-state index in [2.05, 4.69) is 5.32 Å². The second-order valence-corrected chi connectivity index (χ2v) is 7.78. The summed E-state index contributed by atoms with van der Waals surface area (Å²) in [6.45, 7) is 3.12. The van der Waals surface area contributed by atoms with Gasteiger partial charge in [0, 0.05) is 32.6 Å². The van der Waals surface area contributed by atoms with Crippen LogP contribution < -0.4 is 10.1 Å². The summed E-state index contributed by atoms with van der Waals surface area (Å²) < 4.78 is 18.6. The average molecular weight is 427 g/mol. The van der Waals surface area contributed by atoms with Gasteiger partial charge in [-0.1, -0.05) is 0 Å². The van der Waals surface area contributed by atoms with Gasteiger partial charge in [-0.05, 0) is 43.5 Å². The summed E-state index contributed by atoms with van der Waals surface area (Å²) in [5, 5.41) is 3.14. The second kappa shape index (κ2) is 8.87. The Hall–Kier alpha value is -3.23. The van der Waals surface area contributed by atoms with Crippen LogP contribution in [0.4, 0.5) is 10.2 Å². The van der Waals surface area contributed by atoms with Gasteiger partial charge in [0.05, 0.1) is 18.3 Å². The zero-order chi connectivity index (χ0) is 22.0. The molecule has 1 aromatic carbocycles. The van der Waals surface area contributed by atoms with Crippen LogP contribution in [-0.4, -0.2) is 58.3 Å². The molecule has 0 bridgehead atoms. The lowest BCUT2D eigenvalue weighted by Gasteiger charge is -2.30. The van der Waals surface area contributed by atoms with E-state index in [9.17, 15) is 14.0 Å². The Morgan fingerprint density at radius 3 is 2.71 bits per heavy atom. The molecule has 4 rings (SSSR count). The number of anilines is 1. The number of hydrogen-bond acceptors (Lipinski definition) is 6. The van der Waals surface area contributed by atoms with Crippen molar-refractivity contribution >= 4 is 17.6 Å². The summed E-state index contributed by atoms with van der Waals surface area (Å²) in [5.41, 5.74) is 1.86. The van der Waals surface area contributed by atoms with Gasteiger partial charge in [0.15, 0.2) is 12.4 Å². The number of benzene rings is 1. The van der Waals surface area contributed by atoms with Gasteiger partial charge >= 0.3 is 0 Å². The highest BCUT2D eigenvalue weighted by Crippen LogP contribution is 2.33. The van der Waals surface area contributed by atoms with Crippen LogP contribution >= 0.6 is 0 Å². The molecule has 2 aromatic rings. The lowest BCUT2D eigenvalue weighted by atomic mass is 10.0. The molecule has 1 aromatic heterocycles. The molecule has 1 atom stereocenters. The fraction of sp³-hybridized carbons (Fsp3) is 0.455. The monoisotopic (exact) mass is 427 g/mol. The summed E-state index contributed by atoms with van der Waals surface area (Å²) in [7, 11) is 1.82. The van der Waals surface area contributed by atoms with E-state index in [-0.39, 0.29) is 30.3 Å². The molecule has 0 saturated carbocycles. The number of rotatable bonds is 5. The van der Waals surface area contributed by atoms with E-state index in [4.69, 9.17) is 14.7 Å². The number of aromatic nitrogens is 2. The number of nitrogens with zero attached hydrogens (tertiary/aromatic N) is 4. The third-order valence-electron chi connectivity index (χ3n) is 5.81. The summed E-state index contributed by atoms with van der Waals surface area (Å²) >= 11 is 0. The first-order valence-electron chi connectivity index (χ1n) is 10.5. The predicted molar refractivity (Wildman–Crippen MR) is 112 cm³/mol. The number of nitrogens with one attached hydrogen (secondary N) is 1. The van der Waals surface area contributed by atoms with Crippen molar-refractivity contribution in [3.63, 3.8) is 0 Å². The lowest BCUT2D eigenvalue weighted by Crippen LogP contribution is -2.37. The smallest absolute Gasteiger partial charge is 0.261 e. The number of fused-ring (bicyclic) bond motifs is 1. The molecule has 0 unspecified atom stereocenters. The molecule has 2 amide bonds. The molecule has 0 spiro atoms. The number of ether oxygens (including phenoxy) is 1. The van der Waals surface area contributed by atoms with Crippen LogP contribution in [0.3, 0.4) is 0 Å². The van der Waals surface area contributed by atoms with Crippen molar-refractivity contribution in [1.82, 2.24) is 19.8 Å². The van der Waals surface area contributed by atoms with Crippen molar-refractivity contribution in [3.05, 3.63) is 47.2 Å². The first kappa shape index (κ1) is 21.0. The number of carbonyl (C=O) groups is 2. The number of carbonyl (C=O) groups excluding carboxylic acids is 2. The normalized spacial score (nSPS) is 18.0. The first-order chi connectivity index (χ1) is 15.0. The third-order valence-corrected chi connectivity index (χ3v) is 5.81. The van der Waals surface area contributed by atoms with Crippen molar-refractivity contribution in [3.8, 4) is 5.75 Å². The Bertz CT molecular complexity index is 982. The Labute approximate surface area is 180 Å². The van der Waals surface area contributed by atoms with Crippen LogP contribution in [0.15, 0.2) is 24.3 Å². The van der Waals surface area contributed by atoms with E-state index in [0.717, 1.165) is 29.9 Å². The standard InChI is InChI=1S/C22H26FN5O3/c1-14(29)27-11-9-17-18(12-27)25-22(26-21(17)24-2)19-4-3-10-28(19)20(30)13-31-16-7-5-15(23)6-8-16/h5-8,19H,3-4,9-13H2,1-2H3,(H,24,25,26)/t19-/m0/s1. The van der Waals surface area contributed by atoms with Gasteiger partial charge in [0.1, 0.15) is 17.4 Å². The van der Waals surface area contributed by atoms with E-state index in [1.165, 1.54) is 24.3 Å². The van der Waals surface area contributed by atoms with Gasteiger partial charge in [-0.25, -0.2) is 14.4 Å². The zero-order valence-corrected chi connectivity index (χ0v) is 17.7. The molecule has 2 aliphatic rings. The van der Waals surface area contributed by atoms with Crippen molar-refractivity contribution in [2.45, 2.75) is 38.8 Å². The van der Waals surface area contributed by atoms with Gasteiger partial charge in [-0.3, -0.25) is 9.59 Å². The molecule has 31 heavy (non-hydrogen) atoms. The molecule has 8 nitrogen and oxygen atoms in total. The van der Waals surface area contributed by atoms with E-state index in [0.29, 0.717) is 37.6 Å². The van der Waals surface area contributed by atoms with Gasteiger partial charge in [-0.15, -0.1) is 0 Å². The van der Waals surface area contributed by atoms with Crippen LogP contribution in [0.25, 0.3) is 0 Å². The van der Waals surface area contributed by atoms with Crippen molar-refractivity contribution in [1.29, 1.82) is 0 Å². The molecule has 1 fully saturated rings. The van der Waals surface area contributed by atoms with Crippen molar-refractivity contribution in [2.24, 2.45) is 0 Å². The maximum atomic E-state index is 13.0. The molecular formula is C22H26FN5O3. The molecule has 2 aliphatic heterocycles. The van der Waals surface area contributed by atoms with E-state index >= 15 is 0 Å². The molecule has 164 valence electrons. The second-order valence-electron chi connectivity index (χ2n) is 7.78. The van der Waals surface area contributed by atoms with Crippen LogP contribution in [0.1, 0.15) is 42.9 Å². The quantitative estimate of drug-likeness (QED) is 0.788. The van der Waals surface area contributed by atoms with Gasteiger partial charge in [-0.2, -0.15) is 0 Å². The Morgan fingerprint density at radius 2 is 2.00 bits per heavy atom. The highest BCUT2D eigenvalue weighted by Gasteiger charge is 2.34. The van der Waals surface area contributed by atoms with Crippen LogP contribution in [-0.2, 0) is 22.6 Å². The first-order valence-corrected chi connectivity index (χ1v) is 10.5. The molecule has 0 aliphatic carbocycles. The highest BCUT2D eigenvalue weighted by molar-refractivity contribution is 5.78. The van der Waals surface area contributed by atoms with Crippen LogP contribution in [0.5, 0.6) is 5.75 Å². The van der Waals surface area contributed by atoms with Crippen LogP contribution in [0.2, 0.25) is 0 Å². The number of hydrogen-bond donors (Lipinski definition) is 1. The maximum Gasteiger partial charge on any atom is 0.261 e. The fourth-order valence-electron chi connectivity index (χ4n) is 4.17. The Balaban J connectivity index is 1.52. The molecule has 1 saturated heterocycles. The van der Waals surface area contributed by atoms with Gasteiger partial charge in [0.25, 0.3) is 5.91 Å². The minimum absolute atomic E-state index is 0.0208. The minimum Gasteiger partial charge on any atom is -0.484 e. The Kier molecular flexibility index (Phi) is 6.01. The largest absolute Gasteiger partial charge is 0.484 e. The SMILES string of the molecule is CNc1nc([C@@H]2CCCN2C(=O)COc2ccc(F)cc2)nc2c1CCN(C(C)=O)C2. The maximum absolute atomic E-state index is 13.0. The Morgan fingerprint density at radius 1 is 1.23 bits per heavy atom. The molecular weight excluding hydrogens is 401 g/mol. The fourth-order valence-corrected chi connectivity index (χ4v) is 4.17. The molecule has 1 N–H and O–H groups in total. The summed E-state index contributed by atoms with van der Waals surface area (Å²) in [5.74, 6) is 1.28. The van der Waals surface area contributed by atoms with E-state index in [1.54, 1.807) is 16.7 Å². The van der Waals surface area contributed by atoms with E-state index in [1.807, 2.05) is 7.05 Å². The van der Waals surface area contributed by atoms with Crippen molar-refractivity contribution in [2.75, 3.05) is 32.1 Å². The highest BCUT2D eigenvalue weighted by atomic mass is 19.1. The lowest BCUT2D eigenvalue weighted by molar-refractivity contribution is -0.134. The molecule has 9 heteroatoms. The number of halogens is 1. The summed E-state index contributed by atoms with van der Waals surface area (Å²) in [4.78, 5) is 37.7. The third kappa shape index (κ3) is 4.45. The van der Waals surface area contributed by atoms with Gasteiger partial charge in [0.2, 0.25) is 5.91 Å². The number of amides is 2. The average Bonchev–Trinajstić information content (AvgIpc) is 3.27. The topological polar surface area (TPSA) is 87.7 Å². The predicted octanol–water partition coefficient (Wildman–Crippen LogP) is 2.30. The number of likely N-dealkylation sites (tertiary alicyclic amines) is 1. The zero-order valence-electron chi connectivity index (χ0n) is 17.7. The van der Waals surface area contributed by atoms with Crippen molar-refractivity contribution < 1.29 is 18.7 Å². The molecule has 0 radical (unpaired) electrons. The summed E-state index contributed by atoms with van der Waals surface area (Å²) in [6.07, 6.45) is 2.31. The van der Waals surface area contributed by atoms with Gasteiger partial charge < -0.3 is 19.9 Å². The summed E-state index contributed by atoms with van der Waals surface area (Å²) in [6, 6.07) is 5.34.